The van der Waals surface area contributed by atoms with Crippen LogP contribution < -0.4 is 21.1 Å². The molecule has 0 aliphatic carbocycles. The number of rotatable bonds is 6. The molecule has 0 saturated carbocycles. The van der Waals surface area contributed by atoms with Gasteiger partial charge in [0.05, 0.1) is 0 Å². The molecular weight excluding hydrogens is 442 g/mol. The van der Waals surface area contributed by atoms with E-state index in [0.29, 0.717) is 0 Å². The average Bonchev–Trinajstić information content (AvgIpc) is 2.90. The van der Waals surface area contributed by atoms with E-state index in [9.17, 15) is 0 Å². The van der Waals surface area contributed by atoms with E-state index in [1.54, 1.807) is 0 Å². The fraction of sp³-hybridized carbons (Fsp3) is 0.0625. The van der Waals surface area contributed by atoms with Gasteiger partial charge in [-0.15, -0.1) is 0 Å². The molecule has 0 radical (unpaired) electrons. The standard InChI is InChI=1S/C32H29N3O/c1-35(2)26-8-6-7-24(21-26)31-29(19-20-30(32(31)34)23-11-15-25(33)16-12-23)22-13-17-28(18-14-22)36-27-9-4-3-5-10-27/h3-21H,33-34H2,1-2H3. The van der Waals surface area contributed by atoms with E-state index in [1.807, 2.05) is 80.8 Å². The minimum Gasteiger partial charge on any atom is -0.457 e. The Morgan fingerprint density at radius 2 is 1.17 bits per heavy atom. The van der Waals surface area contributed by atoms with Crippen LogP contribution in [0.15, 0.2) is 115 Å². The Morgan fingerprint density at radius 3 is 1.86 bits per heavy atom. The van der Waals surface area contributed by atoms with Gasteiger partial charge in [-0.05, 0) is 70.8 Å². The molecule has 4 heteroatoms. The normalized spacial score (nSPS) is 10.7. The molecule has 0 saturated heterocycles. The number of nitrogens with two attached hydrogens (primary N) is 2. The number of anilines is 3. The minimum atomic E-state index is 0.727. The molecule has 5 rings (SSSR count). The van der Waals surface area contributed by atoms with Crippen LogP contribution in [0.2, 0.25) is 0 Å². The van der Waals surface area contributed by atoms with Crippen LogP contribution >= 0.6 is 0 Å². The largest absolute Gasteiger partial charge is 0.457 e. The predicted molar refractivity (Wildman–Crippen MR) is 152 cm³/mol. The molecule has 0 aromatic heterocycles. The molecule has 0 spiro atoms. The minimum absolute atomic E-state index is 0.727. The highest BCUT2D eigenvalue weighted by Gasteiger charge is 2.16. The maximum atomic E-state index is 6.91. The molecule has 0 aliphatic rings. The van der Waals surface area contributed by atoms with Crippen molar-refractivity contribution < 1.29 is 4.74 Å². The van der Waals surface area contributed by atoms with Gasteiger partial charge in [0.2, 0.25) is 0 Å². The maximum absolute atomic E-state index is 6.91. The number of ether oxygens (including phenoxy) is 1. The zero-order valence-electron chi connectivity index (χ0n) is 20.5. The first-order valence-corrected chi connectivity index (χ1v) is 11.9. The van der Waals surface area contributed by atoms with E-state index in [4.69, 9.17) is 16.2 Å². The van der Waals surface area contributed by atoms with Gasteiger partial charge in [0, 0.05) is 42.3 Å². The Balaban J connectivity index is 1.62. The topological polar surface area (TPSA) is 64.5 Å². The highest BCUT2D eigenvalue weighted by atomic mass is 16.5. The van der Waals surface area contributed by atoms with E-state index in [2.05, 4.69) is 53.4 Å². The van der Waals surface area contributed by atoms with Crippen molar-refractivity contribution in [1.29, 1.82) is 0 Å². The van der Waals surface area contributed by atoms with Crippen molar-refractivity contribution in [1.82, 2.24) is 0 Å². The Labute approximate surface area is 212 Å². The third kappa shape index (κ3) is 4.75. The quantitative estimate of drug-likeness (QED) is 0.249. The van der Waals surface area contributed by atoms with Crippen LogP contribution in [0.5, 0.6) is 11.5 Å². The van der Waals surface area contributed by atoms with Crippen molar-refractivity contribution in [3.8, 4) is 44.9 Å². The van der Waals surface area contributed by atoms with Gasteiger partial charge in [-0.25, -0.2) is 0 Å². The van der Waals surface area contributed by atoms with Gasteiger partial charge in [0.15, 0.2) is 0 Å². The summed E-state index contributed by atoms with van der Waals surface area (Å²) in [5.74, 6) is 1.59. The Bertz CT molecular complexity index is 1480. The molecule has 36 heavy (non-hydrogen) atoms. The summed E-state index contributed by atoms with van der Waals surface area (Å²) >= 11 is 0. The van der Waals surface area contributed by atoms with E-state index in [0.717, 1.165) is 61.9 Å². The van der Waals surface area contributed by atoms with Crippen molar-refractivity contribution in [2.24, 2.45) is 0 Å². The molecule has 4 nitrogen and oxygen atoms in total. The van der Waals surface area contributed by atoms with Gasteiger partial charge in [0.25, 0.3) is 0 Å². The molecule has 0 aliphatic heterocycles. The molecule has 0 unspecified atom stereocenters. The molecule has 4 N–H and O–H groups in total. The summed E-state index contributed by atoms with van der Waals surface area (Å²) in [6, 6.07) is 38.4. The maximum Gasteiger partial charge on any atom is 0.127 e. The van der Waals surface area contributed by atoms with Crippen molar-refractivity contribution >= 4 is 17.1 Å². The summed E-state index contributed by atoms with van der Waals surface area (Å²) in [4.78, 5) is 2.10. The van der Waals surface area contributed by atoms with E-state index >= 15 is 0 Å². The Hall–Kier alpha value is -4.70. The smallest absolute Gasteiger partial charge is 0.127 e. The highest BCUT2D eigenvalue weighted by Crippen LogP contribution is 2.43. The zero-order chi connectivity index (χ0) is 25.1. The number of nitrogens with zero attached hydrogens (tertiary/aromatic N) is 1. The fourth-order valence-electron chi connectivity index (χ4n) is 4.35. The SMILES string of the molecule is CN(C)c1cccc(-c2c(-c3ccc(Oc4ccccc4)cc3)ccc(-c3ccc(N)cc3)c2N)c1. The lowest BCUT2D eigenvalue weighted by Crippen LogP contribution is -2.08. The molecule has 5 aromatic rings. The lowest BCUT2D eigenvalue weighted by molar-refractivity contribution is 0.483. The average molecular weight is 472 g/mol. The second-order valence-corrected chi connectivity index (χ2v) is 8.96. The number of benzene rings is 5. The third-order valence-corrected chi connectivity index (χ3v) is 6.26. The van der Waals surface area contributed by atoms with Gasteiger partial charge < -0.3 is 21.1 Å². The first kappa shape index (κ1) is 23.1. The molecule has 0 amide bonds. The summed E-state index contributed by atoms with van der Waals surface area (Å²) in [6.45, 7) is 0. The first-order valence-electron chi connectivity index (χ1n) is 11.9. The number of hydrogen-bond donors (Lipinski definition) is 2. The number of para-hydroxylation sites is 1. The van der Waals surface area contributed by atoms with Crippen LogP contribution in [0, 0.1) is 0 Å². The highest BCUT2D eigenvalue weighted by molar-refractivity contribution is 5.98. The molecule has 5 aromatic carbocycles. The lowest BCUT2D eigenvalue weighted by Gasteiger charge is -2.19. The van der Waals surface area contributed by atoms with Crippen LogP contribution in [0.3, 0.4) is 0 Å². The number of nitrogen functional groups attached to an aromatic ring is 2. The van der Waals surface area contributed by atoms with Crippen molar-refractivity contribution in [2.75, 3.05) is 30.5 Å². The van der Waals surface area contributed by atoms with Gasteiger partial charge in [-0.3, -0.25) is 0 Å². The van der Waals surface area contributed by atoms with Crippen LogP contribution in [0.1, 0.15) is 0 Å². The molecule has 0 atom stereocenters. The summed E-state index contributed by atoms with van der Waals surface area (Å²) in [5, 5.41) is 0. The lowest BCUT2D eigenvalue weighted by atomic mass is 9.88. The molecule has 0 fully saturated rings. The van der Waals surface area contributed by atoms with Crippen molar-refractivity contribution in [2.45, 2.75) is 0 Å². The summed E-state index contributed by atoms with van der Waals surface area (Å²) in [7, 11) is 4.08. The third-order valence-electron chi connectivity index (χ3n) is 6.26. The van der Waals surface area contributed by atoms with Gasteiger partial charge in [-0.1, -0.05) is 66.7 Å². The van der Waals surface area contributed by atoms with Crippen LogP contribution in [0.25, 0.3) is 33.4 Å². The monoisotopic (exact) mass is 471 g/mol. The fourth-order valence-corrected chi connectivity index (χ4v) is 4.35. The molecule has 0 bridgehead atoms. The second kappa shape index (κ2) is 9.88. The second-order valence-electron chi connectivity index (χ2n) is 8.96. The van der Waals surface area contributed by atoms with Crippen LogP contribution in [-0.4, -0.2) is 14.1 Å². The van der Waals surface area contributed by atoms with Gasteiger partial charge in [0.1, 0.15) is 11.5 Å². The van der Waals surface area contributed by atoms with E-state index < -0.39 is 0 Å². The molecule has 0 heterocycles. The molecular formula is C32H29N3O. The summed E-state index contributed by atoms with van der Waals surface area (Å²) < 4.78 is 6.00. The predicted octanol–water partition coefficient (Wildman–Crippen LogP) is 7.71. The van der Waals surface area contributed by atoms with Crippen LogP contribution in [0.4, 0.5) is 17.1 Å². The van der Waals surface area contributed by atoms with Crippen molar-refractivity contribution in [3.63, 3.8) is 0 Å². The van der Waals surface area contributed by atoms with Crippen molar-refractivity contribution in [3.05, 3.63) is 115 Å². The van der Waals surface area contributed by atoms with Crippen LogP contribution in [-0.2, 0) is 0 Å². The Kier molecular flexibility index (Phi) is 6.33. The van der Waals surface area contributed by atoms with Gasteiger partial charge >= 0.3 is 0 Å². The molecule has 178 valence electrons. The Morgan fingerprint density at radius 1 is 0.556 bits per heavy atom. The van der Waals surface area contributed by atoms with E-state index in [1.165, 1.54) is 0 Å². The summed E-state index contributed by atoms with van der Waals surface area (Å²) in [5.41, 5.74) is 21.6. The number of hydrogen-bond acceptors (Lipinski definition) is 4. The zero-order valence-corrected chi connectivity index (χ0v) is 20.5. The van der Waals surface area contributed by atoms with E-state index in [-0.39, 0.29) is 0 Å². The summed E-state index contributed by atoms with van der Waals surface area (Å²) in [6.07, 6.45) is 0. The van der Waals surface area contributed by atoms with Gasteiger partial charge in [-0.2, -0.15) is 0 Å². The first-order chi connectivity index (χ1) is 17.5.